The first kappa shape index (κ1) is 22.1. The fraction of sp³-hybridized carbons (Fsp3) is 0.227. The Morgan fingerprint density at radius 3 is 2.45 bits per heavy atom. The Morgan fingerprint density at radius 1 is 1.00 bits per heavy atom. The molecule has 8 nitrogen and oxygen atoms in total. The molecule has 0 unspecified atom stereocenters. The van der Waals surface area contributed by atoms with Gasteiger partial charge in [-0.3, -0.25) is 4.79 Å². The van der Waals surface area contributed by atoms with Crippen LogP contribution in [0, 0.1) is 6.92 Å². The second kappa shape index (κ2) is 10.4. The highest BCUT2D eigenvalue weighted by Crippen LogP contribution is 2.34. The number of anilines is 1. The van der Waals surface area contributed by atoms with Gasteiger partial charge in [0.05, 0.1) is 18.4 Å². The number of carbonyl (C=O) groups is 3. The summed E-state index contributed by atoms with van der Waals surface area (Å²) in [5.74, 6) is -1.07. The molecule has 162 valence electrons. The third-order valence-corrected chi connectivity index (χ3v) is 5.30. The average Bonchev–Trinajstić information content (AvgIpc) is 3.40. The van der Waals surface area contributed by atoms with E-state index in [1.54, 1.807) is 32.0 Å². The molecule has 2 heterocycles. The van der Waals surface area contributed by atoms with Crippen LogP contribution in [0.4, 0.5) is 5.00 Å². The van der Waals surface area contributed by atoms with Gasteiger partial charge in [-0.25, -0.2) is 9.59 Å². The molecule has 3 aromatic rings. The minimum Gasteiger partial charge on any atom is -0.490 e. The topological polar surface area (TPSA) is 104 Å². The molecule has 1 aromatic carbocycles. The first-order valence-electron chi connectivity index (χ1n) is 9.51. The Bertz CT molecular complexity index is 1040. The maximum absolute atomic E-state index is 12.6. The van der Waals surface area contributed by atoms with Crippen molar-refractivity contribution < 1.29 is 33.0 Å². The molecule has 0 saturated heterocycles. The van der Waals surface area contributed by atoms with E-state index in [2.05, 4.69) is 5.32 Å². The van der Waals surface area contributed by atoms with E-state index >= 15 is 0 Å². The summed E-state index contributed by atoms with van der Waals surface area (Å²) < 4.78 is 20.9. The number of thiophene rings is 1. The molecule has 0 bridgehead atoms. The highest BCUT2D eigenvalue weighted by molar-refractivity contribution is 7.18. The first-order valence-corrected chi connectivity index (χ1v) is 10.3. The number of hydrogen-bond acceptors (Lipinski definition) is 8. The zero-order valence-corrected chi connectivity index (χ0v) is 17.8. The van der Waals surface area contributed by atoms with Gasteiger partial charge < -0.3 is 23.9 Å². The average molecular weight is 443 g/mol. The van der Waals surface area contributed by atoms with Gasteiger partial charge in [0.2, 0.25) is 0 Å². The lowest BCUT2D eigenvalue weighted by Gasteiger charge is -2.07. The van der Waals surface area contributed by atoms with E-state index in [-0.39, 0.29) is 41.0 Å². The molecule has 0 aliphatic carbocycles. The van der Waals surface area contributed by atoms with Gasteiger partial charge in [-0.05, 0) is 43.7 Å². The molecule has 0 spiro atoms. The second-order valence-electron chi connectivity index (χ2n) is 6.21. The summed E-state index contributed by atoms with van der Waals surface area (Å²) in [7, 11) is 0. The van der Waals surface area contributed by atoms with Crippen LogP contribution in [0.3, 0.4) is 0 Å². The van der Waals surface area contributed by atoms with E-state index in [1.807, 2.05) is 18.2 Å². The van der Waals surface area contributed by atoms with Crippen LogP contribution >= 0.6 is 11.3 Å². The standard InChI is InChI=1S/C22H21NO7S/c1-3-27-21(25)17-14(2)18(31-20(17)23-19(24)16-10-7-11-29-16)22(26)30-13-12-28-15-8-5-4-6-9-15/h4-11H,3,12-13H2,1-2H3,(H,23,24). The first-order chi connectivity index (χ1) is 15.0. The van der Waals surface area contributed by atoms with Crippen LogP contribution in [0.25, 0.3) is 0 Å². The van der Waals surface area contributed by atoms with E-state index in [9.17, 15) is 14.4 Å². The maximum Gasteiger partial charge on any atom is 0.348 e. The number of furan rings is 1. The lowest BCUT2D eigenvalue weighted by Crippen LogP contribution is -2.14. The van der Waals surface area contributed by atoms with Gasteiger partial charge in [-0.2, -0.15) is 0 Å². The Morgan fingerprint density at radius 2 is 1.77 bits per heavy atom. The molecule has 0 radical (unpaired) electrons. The third-order valence-electron chi connectivity index (χ3n) is 4.11. The fourth-order valence-corrected chi connectivity index (χ4v) is 3.78. The van der Waals surface area contributed by atoms with E-state index in [0.717, 1.165) is 11.3 Å². The highest BCUT2D eigenvalue weighted by Gasteiger charge is 2.28. The summed E-state index contributed by atoms with van der Waals surface area (Å²) in [6, 6.07) is 12.2. The quantitative estimate of drug-likeness (QED) is 0.388. The Labute approximate surface area is 182 Å². The molecule has 0 aliphatic rings. The van der Waals surface area contributed by atoms with Crippen molar-refractivity contribution in [2.24, 2.45) is 0 Å². The van der Waals surface area contributed by atoms with Gasteiger partial charge in [0.15, 0.2) is 5.76 Å². The summed E-state index contributed by atoms with van der Waals surface area (Å²) in [6.07, 6.45) is 1.36. The lowest BCUT2D eigenvalue weighted by atomic mass is 10.1. The predicted molar refractivity (Wildman–Crippen MR) is 114 cm³/mol. The van der Waals surface area contributed by atoms with Crippen LogP contribution in [0.1, 0.15) is 43.1 Å². The molecule has 1 N–H and O–H groups in total. The molecule has 0 aliphatic heterocycles. The molecular formula is C22H21NO7S. The monoisotopic (exact) mass is 443 g/mol. The van der Waals surface area contributed by atoms with Crippen molar-refractivity contribution in [3.05, 3.63) is 70.5 Å². The van der Waals surface area contributed by atoms with Gasteiger partial charge in [0, 0.05) is 0 Å². The Balaban J connectivity index is 1.72. The molecule has 3 rings (SSSR count). The summed E-state index contributed by atoms with van der Waals surface area (Å²) in [4.78, 5) is 37.6. The zero-order chi connectivity index (χ0) is 22.2. The molecule has 0 fully saturated rings. The van der Waals surface area contributed by atoms with Crippen molar-refractivity contribution in [2.45, 2.75) is 13.8 Å². The van der Waals surface area contributed by atoms with E-state index in [1.165, 1.54) is 12.3 Å². The zero-order valence-electron chi connectivity index (χ0n) is 17.0. The van der Waals surface area contributed by atoms with E-state index in [4.69, 9.17) is 18.6 Å². The van der Waals surface area contributed by atoms with Crippen LogP contribution in [0.2, 0.25) is 0 Å². The number of para-hydroxylation sites is 1. The van der Waals surface area contributed by atoms with Crippen molar-refractivity contribution in [1.82, 2.24) is 0 Å². The molecule has 0 saturated carbocycles. The van der Waals surface area contributed by atoms with Crippen molar-refractivity contribution in [1.29, 1.82) is 0 Å². The Kier molecular flexibility index (Phi) is 7.45. The van der Waals surface area contributed by atoms with Gasteiger partial charge in [-0.1, -0.05) is 18.2 Å². The molecule has 9 heteroatoms. The SMILES string of the molecule is CCOC(=O)c1c(NC(=O)c2ccco2)sc(C(=O)OCCOc2ccccc2)c1C. The number of nitrogens with one attached hydrogen (secondary N) is 1. The second-order valence-corrected chi connectivity index (χ2v) is 7.23. The van der Waals surface area contributed by atoms with E-state index < -0.39 is 17.8 Å². The smallest absolute Gasteiger partial charge is 0.348 e. The van der Waals surface area contributed by atoms with Crippen LogP contribution in [0.15, 0.2) is 53.1 Å². The summed E-state index contributed by atoms with van der Waals surface area (Å²) in [5, 5.41) is 2.79. The summed E-state index contributed by atoms with van der Waals surface area (Å²) in [5.41, 5.74) is 0.478. The third kappa shape index (κ3) is 5.52. The van der Waals surface area contributed by atoms with Gasteiger partial charge in [-0.15, -0.1) is 11.3 Å². The van der Waals surface area contributed by atoms with Gasteiger partial charge >= 0.3 is 11.9 Å². The molecule has 31 heavy (non-hydrogen) atoms. The number of carbonyl (C=O) groups excluding carboxylic acids is 3. The van der Waals surface area contributed by atoms with Crippen molar-refractivity contribution in [3.8, 4) is 5.75 Å². The number of ether oxygens (including phenoxy) is 3. The van der Waals surface area contributed by atoms with E-state index in [0.29, 0.717) is 11.3 Å². The van der Waals surface area contributed by atoms with Crippen LogP contribution in [0.5, 0.6) is 5.75 Å². The number of hydrogen-bond donors (Lipinski definition) is 1. The molecule has 2 aromatic heterocycles. The maximum atomic E-state index is 12.6. The number of rotatable bonds is 9. The Hall–Kier alpha value is -3.59. The van der Waals surface area contributed by atoms with Crippen molar-refractivity contribution in [3.63, 3.8) is 0 Å². The minimum atomic E-state index is -0.641. The lowest BCUT2D eigenvalue weighted by molar-refractivity contribution is 0.0455. The largest absolute Gasteiger partial charge is 0.490 e. The van der Waals surface area contributed by atoms with Crippen LogP contribution < -0.4 is 10.1 Å². The molecular weight excluding hydrogens is 422 g/mol. The normalized spacial score (nSPS) is 10.4. The van der Waals surface area contributed by atoms with Crippen LogP contribution in [-0.2, 0) is 9.47 Å². The number of esters is 2. The van der Waals surface area contributed by atoms with Crippen molar-refractivity contribution in [2.75, 3.05) is 25.1 Å². The summed E-state index contributed by atoms with van der Waals surface area (Å²) in [6.45, 7) is 3.61. The predicted octanol–water partition coefficient (Wildman–Crippen LogP) is 4.31. The minimum absolute atomic E-state index is 0.0217. The molecule has 0 atom stereocenters. The van der Waals surface area contributed by atoms with Gasteiger partial charge in [0.1, 0.15) is 28.8 Å². The van der Waals surface area contributed by atoms with Crippen molar-refractivity contribution >= 4 is 34.2 Å². The highest BCUT2D eigenvalue weighted by atomic mass is 32.1. The number of amides is 1. The molecule has 1 amide bonds. The van der Waals surface area contributed by atoms with Crippen LogP contribution in [-0.4, -0.2) is 37.7 Å². The fourth-order valence-electron chi connectivity index (χ4n) is 2.69. The van der Waals surface area contributed by atoms with Gasteiger partial charge in [0.25, 0.3) is 5.91 Å². The summed E-state index contributed by atoms with van der Waals surface area (Å²) >= 11 is 0.939. The number of benzene rings is 1.